The van der Waals surface area contributed by atoms with E-state index in [4.69, 9.17) is 0 Å². The van der Waals surface area contributed by atoms with E-state index in [0.717, 1.165) is 39.3 Å². The first kappa shape index (κ1) is 23.9. The lowest BCUT2D eigenvalue weighted by Gasteiger charge is -2.31. The lowest BCUT2D eigenvalue weighted by atomic mass is 9.80. The number of carbonyl (C=O) groups excluding carboxylic acids is 1. The van der Waals surface area contributed by atoms with Gasteiger partial charge in [-0.15, -0.1) is 0 Å². The van der Waals surface area contributed by atoms with Crippen molar-refractivity contribution < 1.29 is 22.0 Å². The molecule has 1 amide bonds. The third kappa shape index (κ3) is 4.09. The van der Waals surface area contributed by atoms with Crippen LogP contribution in [0.15, 0.2) is 51.8 Å². The number of nitrogens with zero attached hydrogens (tertiary/aromatic N) is 2. The predicted molar refractivity (Wildman–Crippen MR) is 130 cm³/mol. The molecule has 9 heteroatoms. The minimum Gasteiger partial charge on any atom is -0.307 e. The number of anilines is 1. The summed E-state index contributed by atoms with van der Waals surface area (Å²) in [6, 6.07) is 11.9. The van der Waals surface area contributed by atoms with E-state index < -0.39 is 28.8 Å². The molecule has 0 aromatic heterocycles. The van der Waals surface area contributed by atoms with Crippen molar-refractivity contribution in [2.24, 2.45) is 5.92 Å². The second-order valence-corrected chi connectivity index (χ2v) is 12.8. The van der Waals surface area contributed by atoms with Gasteiger partial charge in [0, 0.05) is 53.6 Å². The van der Waals surface area contributed by atoms with E-state index in [9.17, 15) is 22.0 Å². The zero-order chi connectivity index (χ0) is 24.3. The van der Waals surface area contributed by atoms with Gasteiger partial charge in [0.05, 0.1) is 4.90 Å². The zero-order valence-corrected chi connectivity index (χ0v) is 21.3. The molecule has 0 radical (unpaired) electrons. The first-order valence-corrected chi connectivity index (χ1v) is 13.8. The van der Waals surface area contributed by atoms with E-state index in [-0.39, 0.29) is 34.9 Å². The van der Waals surface area contributed by atoms with Crippen LogP contribution >= 0.6 is 15.9 Å². The van der Waals surface area contributed by atoms with E-state index in [2.05, 4.69) is 28.9 Å². The number of amides is 1. The van der Waals surface area contributed by atoms with Crippen LogP contribution in [0.1, 0.15) is 54.9 Å². The maximum Gasteiger partial charge on any atom is 0.258 e. The number of rotatable bonds is 3. The minimum absolute atomic E-state index is 0.0389. The number of fused-ring (bicyclic) bond motifs is 2. The molecule has 182 valence electrons. The van der Waals surface area contributed by atoms with Crippen molar-refractivity contribution >= 4 is 37.5 Å². The van der Waals surface area contributed by atoms with E-state index in [1.807, 2.05) is 12.1 Å². The Morgan fingerprint density at radius 2 is 1.82 bits per heavy atom. The highest BCUT2D eigenvalue weighted by molar-refractivity contribution is 9.10. The summed E-state index contributed by atoms with van der Waals surface area (Å²) in [5, 5.41) is 0. The molecule has 2 atom stereocenters. The maximum absolute atomic E-state index is 13.7. The summed E-state index contributed by atoms with van der Waals surface area (Å²) < 4.78 is 55.4. The Hall–Kier alpha value is -1.84. The van der Waals surface area contributed by atoms with Crippen LogP contribution < -0.4 is 4.90 Å². The van der Waals surface area contributed by atoms with Crippen molar-refractivity contribution in [1.82, 2.24) is 4.31 Å². The smallest absolute Gasteiger partial charge is 0.258 e. The molecule has 2 aliphatic heterocycles. The van der Waals surface area contributed by atoms with Gasteiger partial charge in [0.2, 0.25) is 10.0 Å². The van der Waals surface area contributed by atoms with E-state index in [1.54, 1.807) is 17.0 Å². The van der Waals surface area contributed by atoms with Gasteiger partial charge in [-0.1, -0.05) is 28.9 Å². The van der Waals surface area contributed by atoms with Gasteiger partial charge in [-0.3, -0.25) is 4.79 Å². The first-order chi connectivity index (χ1) is 16.0. The van der Waals surface area contributed by atoms with Crippen molar-refractivity contribution in [3.05, 3.63) is 58.1 Å². The number of carbonyl (C=O) groups is 1. The van der Waals surface area contributed by atoms with Crippen molar-refractivity contribution in [2.75, 3.05) is 24.5 Å². The van der Waals surface area contributed by atoms with Crippen LogP contribution in [0, 0.1) is 5.92 Å². The number of piperidine rings is 1. The Balaban J connectivity index is 1.45. The summed E-state index contributed by atoms with van der Waals surface area (Å²) in [5.74, 6) is -2.51. The minimum atomic E-state index is -3.96. The monoisotopic (exact) mass is 552 g/mol. The molecule has 1 spiro atoms. The fourth-order valence-electron chi connectivity index (χ4n) is 5.75. The van der Waals surface area contributed by atoms with Crippen LogP contribution in [0.25, 0.3) is 0 Å². The summed E-state index contributed by atoms with van der Waals surface area (Å²) in [6.45, 7) is 2.34. The van der Waals surface area contributed by atoms with Crippen LogP contribution in [-0.4, -0.2) is 44.2 Å². The highest BCUT2D eigenvalue weighted by Gasteiger charge is 2.48. The van der Waals surface area contributed by atoms with Crippen LogP contribution in [0.4, 0.5) is 14.5 Å². The third-order valence-corrected chi connectivity index (χ3v) is 9.94. The zero-order valence-electron chi connectivity index (χ0n) is 18.9. The van der Waals surface area contributed by atoms with Crippen LogP contribution in [0.2, 0.25) is 0 Å². The van der Waals surface area contributed by atoms with Gasteiger partial charge in [0.15, 0.2) is 0 Å². The summed E-state index contributed by atoms with van der Waals surface area (Å²) in [5.41, 5.74) is 2.23. The standard InChI is InChI=1S/C25H27BrF2N2O3S/c1-17-7-8-24(15-17)16-30(22-6-5-19(26)14-21(22)24)23(31)18-3-2-4-20(13-18)34(32,33)29-11-9-25(27,28)10-12-29/h2-6,13-14,17H,7-12,15-16H2,1H3. The molecule has 2 heterocycles. The van der Waals surface area contributed by atoms with E-state index >= 15 is 0 Å². The molecular weight excluding hydrogens is 526 g/mol. The highest BCUT2D eigenvalue weighted by Crippen LogP contribution is 2.53. The number of hydrogen-bond acceptors (Lipinski definition) is 3. The average molecular weight is 553 g/mol. The lowest BCUT2D eigenvalue weighted by Crippen LogP contribution is -2.42. The topological polar surface area (TPSA) is 57.7 Å². The third-order valence-electron chi connectivity index (χ3n) is 7.55. The number of alkyl halides is 2. The van der Waals surface area contributed by atoms with Gasteiger partial charge in [-0.05, 0) is 67.1 Å². The predicted octanol–water partition coefficient (Wildman–Crippen LogP) is 5.59. The Morgan fingerprint density at radius 1 is 1.09 bits per heavy atom. The second-order valence-electron chi connectivity index (χ2n) is 9.97. The molecule has 0 N–H and O–H groups in total. The normalized spacial score (nSPS) is 26.7. The number of hydrogen-bond donors (Lipinski definition) is 0. The van der Waals surface area contributed by atoms with Crippen LogP contribution in [0.5, 0.6) is 0 Å². The molecule has 1 saturated heterocycles. The molecule has 2 aromatic rings. The van der Waals surface area contributed by atoms with Gasteiger partial charge in [0.1, 0.15) is 0 Å². The largest absolute Gasteiger partial charge is 0.307 e. The highest BCUT2D eigenvalue weighted by atomic mass is 79.9. The lowest BCUT2D eigenvalue weighted by molar-refractivity contribution is -0.0412. The number of halogens is 3. The SMILES string of the molecule is CC1CCC2(C1)CN(C(=O)c1cccc(S(=O)(=O)N3CCC(F)(F)CC3)c1)c1ccc(Br)cc12. The van der Waals surface area contributed by atoms with Crippen molar-refractivity contribution in [3.8, 4) is 0 Å². The van der Waals surface area contributed by atoms with Gasteiger partial charge >= 0.3 is 0 Å². The average Bonchev–Trinajstić information content (AvgIpc) is 3.32. The van der Waals surface area contributed by atoms with Crippen LogP contribution in [-0.2, 0) is 15.4 Å². The van der Waals surface area contributed by atoms with Gasteiger partial charge in [-0.25, -0.2) is 17.2 Å². The number of benzene rings is 2. The molecule has 2 unspecified atom stereocenters. The summed E-state index contributed by atoms with van der Waals surface area (Å²) >= 11 is 3.57. The molecule has 3 aliphatic rings. The quantitative estimate of drug-likeness (QED) is 0.498. The van der Waals surface area contributed by atoms with Crippen molar-refractivity contribution in [1.29, 1.82) is 0 Å². The van der Waals surface area contributed by atoms with Gasteiger partial charge in [0.25, 0.3) is 11.8 Å². The molecule has 0 bridgehead atoms. The Morgan fingerprint density at radius 3 is 2.50 bits per heavy atom. The molecule has 1 saturated carbocycles. The fraction of sp³-hybridized carbons (Fsp3) is 0.480. The second kappa shape index (κ2) is 8.38. The molecule has 5 nitrogen and oxygen atoms in total. The fourth-order valence-corrected chi connectivity index (χ4v) is 7.60. The molecule has 2 aromatic carbocycles. The van der Waals surface area contributed by atoms with Crippen molar-refractivity contribution in [3.63, 3.8) is 0 Å². The summed E-state index contributed by atoms with van der Waals surface area (Å²) in [6.07, 6.45) is 2.14. The van der Waals surface area contributed by atoms with Gasteiger partial charge in [-0.2, -0.15) is 4.31 Å². The summed E-state index contributed by atoms with van der Waals surface area (Å²) in [7, 11) is -3.96. The molecule has 34 heavy (non-hydrogen) atoms. The van der Waals surface area contributed by atoms with E-state index in [0.29, 0.717) is 12.5 Å². The molecule has 1 aliphatic carbocycles. The van der Waals surface area contributed by atoms with Gasteiger partial charge < -0.3 is 4.90 Å². The Kier molecular flexibility index (Phi) is 5.89. The Bertz CT molecular complexity index is 1240. The summed E-state index contributed by atoms with van der Waals surface area (Å²) in [4.78, 5) is 15.4. The number of sulfonamides is 1. The molecule has 5 rings (SSSR count). The molecule has 2 fully saturated rings. The van der Waals surface area contributed by atoms with Crippen LogP contribution in [0.3, 0.4) is 0 Å². The van der Waals surface area contributed by atoms with E-state index in [1.165, 1.54) is 12.1 Å². The van der Waals surface area contributed by atoms with Crippen molar-refractivity contribution in [2.45, 2.75) is 55.3 Å². The Labute approximate surface area is 207 Å². The maximum atomic E-state index is 13.7. The molecular formula is C25H27BrF2N2O3S. The first-order valence-electron chi connectivity index (χ1n) is 11.6.